The Bertz CT molecular complexity index is 1740. The average Bonchev–Trinajstić information content (AvgIpc) is 3.07. The molecule has 0 aliphatic carbocycles. The molecule has 11 nitrogen and oxygen atoms in total. The molecule has 4 aromatic rings. The van der Waals surface area contributed by atoms with Crippen LogP contribution in [0.5, 0.6) is 5.75 Å². The van der Waals surface area contributed by atoms with Crippen molar-refractivity contribution in [3.8, 4) is 5.75 Å². The van der Waals surface area contributed by atoms with Gasteiger partial charge in [-0.1, -0.05) is 56.3 Å². The lowest BCUT2D eigenvalue weighted by atomic mass is 10.0. The number of aromatic nitrogens is 2. The van der Waals surface area contributed by atoms with Gasteiger partial charge in [0.15, 0.2) is 0 Å². The highest BCUT2D eigenvalue weighted by molar-refractivity contribution is 5.99. The van der Waals surface area contributed by atoms with Gasteiger partial charge in [-0.25, -0.2) is 4.98 Å². The van der Waals surface area contributed by atoms with Crippen molar-refractivity contribution in [1.82, 2.24) is 30.8 Å². The molecule has 2 atom stereocenters. The highest BCUT2D eigenvalue weighted by Crippen LogP contribution is 2.26. The number of rotatable bonds is 5. The van der Waals surface area contributed by atoms with E-state index in [1.165, 1.54) is 18.2 Å². The molecule has 0 saturated heterocycles. The van der Waals surface area contributed by atoms with Crippen molar-refractivity contribution in [2.45, 2.75) is 45.2 Å². The molecule has 0 fully saturated rings. The van der Waals surface area contributed by atoms with Gasteiger partial charge in [-0.3, -0.25) is 24.2 Å². The van der Waals surface area contributed by atoms with Crippen LogP contribution in [0, 0.1) is 5.92 Å². The molecule has 0 radical (unpaired) electrons. The fourth-order valence-electron chi connectivity index (χ4n) is 5.68. The zero-order valence-electron chi connectivity index (χ0n) is 26.9. The summed E-state index contributed by atoms with van der Waals surface area (Å²) in [5, 5.41) is 9.64. The lowest BCUT2D eigenvalue weighted by molar-refractivity contribution is -0.124. The number of methoxy groups -OCH3 is 1. The molecule has 5 rings (SSSR count). The van der Waals surface area contributed by atoms with Crippen molar-refractivity contribution in [2.24, 2.45) is 5.92 Å². The number of pyridine rings is 2. The van der Waals surface area contributed by atoms with Crippen LogP contribution < -0.4 is 20.7 Å². The van der Waals surface area contributed by atoms with E-state index in [2.05, 4.69) is 25.9 Å². The van der Waals surface area contributed by atoms with Crippen LogP contribution in [0.4, 0.5) is 0 Å². The SMILES string of the molecule is COc1cc(C(=O)N2CC(=O)NCCCc3cncc(c3)C(=O)N[C@H](C(C)C)C(=O)N[C@H](Cc3ccccc3)C2)nc2ccccc12. The molecule has 3 N–H and O–H groups in total. The van der Waals surface area contributed by atoms with Crippen LogP contribution in [0.1, 0.15) is 52.2 Å². The number of hydrogen-bond acceptors (Lipinski definition) is 7. The van der Waals surface area contributed by atoms with Crippen molar-refractivity contribution < 1.29 is 23.9 Å². The summed E-state index contributed by atoms with van der Waals surface area (Å²) in [6.07, 6.45) is 4.70. The maximum Gasteiger partial charge on any atom is 0.273 e. The van der Waals surface area contributed by atoms with Crippen LogP contribution in [0.2, 0.25) is 0 Å². The summed E-state index contributed by atoms with van der Waals surface area (Å²) in [5.74, 6) is -1.39. The Morgan fingerprint density at radius 2 is 1.77 bits per heavy atom. The van der Waals surface area contributed by atoms with Crippen molar-refractivity contribution in [2.75, 3.05) is 26.7 Å². The third-order valence-electron chi connectivity index (χ3n) is 8.11. The Labute approximate surface area is 274 Å². The molecule has 2 bridgehead atoms. The number of carbonyl (C=O) groups excluding carboxylic acids is 4. The summed E-state index contributed by atoms with van der Waals surface area (Å²) >= 11 is 0. The molecule has 0 spiro atoms. The van der Waals surface area contributed by atoms with Crippen LogP contribution in [0.15, 0.2) is 79.1 Å². The lowest BCUT2D eigenvalue weighted by Gasteiger charge is -2.30. The molecular weight excluding hydrogens is 596 g/mol. The van der Waals surface area contributed by atoms with Crippen molar-refractivity contribution in [1.29, 1.82) is 0 Å². The normalized spacial score (nSPS) is 18.2. The van der Waals surface area contributed by atoms with E-state index < -0.39 is 29.8 Å². The quantitative estimate of drug-likeness (QED) is 0.305. The number of carbonyl (C=O) groups is 4. The zero-order valence-corrected chi connectivity index (χ0v) is 26.9. The fraction of sp³-hybridized carbons (Fsp3) is 0.333. The molecule has 47 heavy (non-hydrogen) atoms. The molecule has 2 aromatic heterocycles. The number of amides is 4. The maximum absolute atomic E-state index is 14.2. The Hall–Kier alpha value is -5.32. The number of nitrogens with one attached hydrogen (secondary N) is 3. The van der Waals surface area contributed by atoms with Crippen molar-refractivity contribution >= 4 is 34.5 Å². The number of hydrogen-bond donors (Lipinski definition) is 3. The van der Waals surface area contributed by atoms with Gasteiger partial charge < -0.3 is 25.6 Å². The van der Waals surface area contributed by atoms with Gasteiger partial charge in [0.25, 0.3) is 11.8 Å². The van der Waals surface area contributed by atoms with Crippen LogP contribution in [0.25, 0.3) is 10.9 Å². The van der Waals surface area contributed by atoms with E-state index in [4.69, 9.17) is 4.74 Å². The smallest absolute Gasteiger partial charge is 0.273 e. The summed E-state index contributed by atoms with van der Waals surface area (Å²) in [5.41, 5.74) is 2.80. The summed E-state index contributed by atoms with van der Waals surface area (Å²) in [6, 6.07) is 18.8. The van der Waals surface area contributed by atoms with Crippen LogP contribution in [-0.2, 0) is 22.4 Å². The first-order valence-corrected chi connectivity index (χ1v) is 15.8. The van der Waals surface area contributed by atoms with Gasteiger partial charge >= 0.3 is 0 Å². The molecule has 244 valence electrons. The standard InChI is InChI=1S/C36H40N6O5/c1-23(2)33-35(45)39-27(17-24-10-5-4-6-11-24)21-42(36(46)30-18-31(47-3)28-13-7-8-14-29(28)40-30)22-32(43)38-15-9-12-25-16-26(20-37-19-25)34(44)41-33/h4-8,10-11,13-14,16,18-20,23,27,33H,9,12,15,17,21-22H2,1-3H3,(H,38,43)(H,39,45)(H,41,44)/t27-,33-/m1/s1. The average molecular weight is 637 g/mol. The number of nitrogens with zero attached hydrogens (tertiary/aromatic N) is 3. The van der Waals surface area contributed by atoms with Crippen LogP contribution in [-0.4, -0.2) is 77.3 Å². The highest BCUT2D eigenvalue weighted by Gasteiger charge is 2.30. The fourth-order valence-corrected chi connectivity index (χ4v) is 5.68. The summed E-state index contributed by atoms with van der Waals surface area (Å²) in [6.45, 7) is 3.82. The molecule has 3 heterocycles. The van der Waals surface area contributed by atoms with E-state index in [1.54, 1.807) is 24.4 Å². The third-order valence-corrected chi connectivity index (χ3v) is 8.11. The molecule has 11 heteroatoms. The Kier molecular flexibility index (Phi) is 10.8. The van der Waals surface area contributed by atoms with Crippen molar-refractivity contribution in [3.05, 3.63) is 102 Å². The van der Waals surface area contributed by atoms with Gasteiger partial charge in [0, 0.05) is 36.9 Å². The van der Waals surface area contributed by atoms with E-state index in [0.717, 1.165) is 16.5 Å². The monoisotopic (exact) mass is 636 g/mol. The number of para-hydroxylation sites is 1. The van der Waals surface area contributed by atoms with Gasteiger partial charge in [-0.2, -0.15) is 0 Å². The molecule has 0 unspecified atom stereocenters. The second-order valence-corrected chi connectivity index (χ2v) is 12.0. The predicted molar refractivity (Wildman–Crippen MR) is 178 cm³/mol. The van der Waals surface area contributed by atoms with Gasteiger partial charge in [0.2, 0.25) is 11.8 Å². The first kappa shape index (κ1) is 33.1. The summed E-state index contributed by atoms with van der Waals surface area (Å²) in [4.78, 5) is 64.9. The van der Waals surface area contributed by atoms with E-state index in [0.29, 0.717) is 42.6 Å². The van der Waals surface area contributed by atoms with E-state index in [-0.39, 0.29) is 30.6 Å². The minimum atomic E-state index is -0.862. The minimum Gasteiger partial charge on any atom is -0.496 e. The Balaban J connectivity index is 1.51. The largest absolute Gasteiger partial charge is 0.496 e. The van der Waals surface area contributed by atoms with Crippen molar-refractivity contribution in [3.63, 3.8) is 0 Å². The van der Waals surface area contributed by atoms with Gasteiger partial charge in [-0.05, 0) is 54.5 Å². The van der Waals surface area contributed by atoms with Crippen LogP contribution in [0.3, 0.4) is 0 Å². The van der Waals surface area contributed by atoms with Crippen LogP contribution >= 0.6 is 0 Å². The minimum absolute atomic E-state index is 0.00711. The Morgan fingerprint density at radius 1 is 1.00 bits per heavy atom. The number of fused-ring (bicyclic) bond motifs is 3. The van der Waals surface area contributed by atoms with Gasteiger partial charge in [0.1, 0.15) is 17.5 Å². The highest BCUT2D eigenvalue weighted by atomic mass is 16.5. The predicted octanol–water partition coefficient (Wildman–Crippen LogP) is 3.33. The molecule has 1 aliphatic heterocycles. The second kappa shape index (κ2) is 15.3. The summed E-state index contributed by atoms with van der Waals surface area (Å²) < 4.78 is 5.58. The first-order chi connectivity index (χ1) is 22.7. The number of ether oxygens (including phenoxy) is 1. The van der Waals surface area contributed by atoms with Gasteiger partial charge in [0.05, 0.1) is 30.8 Å². The third kappa shape index (κ3) is 8.49. The molecule has 0 saturated carbocycles. The number of aryl methyl sites for hydroxylation is 1. The summed E-state index contributed by atoms with van der Waals surface area (Å²) in [7, 11) is 1.53. The Morgan fingerprint density at radius 3 is 2.53 bits per heavy atom. The first-order valence-electron chi connectivity index (χ1n) is 15.8. The molecule has 2 aromatic carbocycles. The number of benzene rings is 2. The lowest BCUT2D eigenvalue weighted by Crippen LogP contribution is -2.55. The van der Waals surface area contributed by atoms with E-state index in [1.807, 2.05) is 62.4 Å². The molecule has 4 amide bonds. The molecular formula is C36H40N6O5. The topological polar surface area (TPSA) is 143 Å². The van der Waals surface area contributed by atoms with E-state index >= 15 is 0 Å². The molecule has 1 aliphatic rings. The van der Waals surface area contributed by atoms with E-state index in [9.17, 15) is 19.2 Å². The second-order valence-electron chi connectivity index (χ2n) is 12.0. The maximum atomic E-state index is 14.2. The zero-order chi connectivity index (χ0) is 33.3. The van der Waals surface area contributed by atoms with Gasteiger partial charge in [-0.15, -0.1) is 0 Å².